The fourth-order valence-electron chi connectivity index (χ4n) is 2.54. The van der Waals surface area contributed by atoms with Crippen LogP contribution in [0, 0.1) is 0 Å². The molecule has 0 unspecified atom stereocenters. The summed E-state index contributed by atoms with van der Waals surface area (Å²) in [6.07, 6.45) is 0. The van der Waals surface area contributed by atoms with E-state index in [1.165, 1.54) is 14.2 Å². The second-order valence-corrected chi connectivity index (χ2v) is 5.36. The van der Waals surface area contributed by atoms with Gasteiger partial charge in [-0.15, -0.1) is 0 Å². The van der Waals surface area contributed by atoms with E-state index in [2.05, 4.69) is 4.99 Å². The largest absolute Gasteiger partial charge is 0.497 e. The highest BCUT2D eigenvalue weighted by Gasteiger charge is 2.13. The number of benzene rings is 2. The van der Waals surface area contributed by atoms with Crippen molar-refractivity contribution in [3.63, 3.8) is 0 Å². The van der Waals surface area contributed by atoms with Gasteiger partial charge in [0.2, 0.25) is 5.55 Å². The second-order valence-electron chi connectivity index (χ2n) is 5.36. The first-order valence-electron chi connectivity index (χ1n) is 7.74. The van der Waals surface area contributed by atoms with Crippen molar-refractivity contribution in [1.29, 1.82) is 0 Å². The van der Waals surface area contributed by atoms with E-state index in [1.54, 1.807) is 49.6 Å². The molecule has 0 fully saturated rings. The molecule has 2 N–H and O–H groups in total. The first kappa shape index (κ1) is 17.3. The van der Waals surface area contributed by atoms with Crippen molar-refractivity contribution in [3.05, 3.63) is 53.6 Å². The van der Waals surface area contributed by atoms with Crippen LogP contribution >= 0.6 is 0 Å². The molecule has 0 spiro atoms. The molecule has 26 heavy (non-hydrogen) atoms. The molecule has 0 aliphatic rings. The summed E-state index contributed by atoms with van der Waals surface area (Å²) in [7, 11) is 4.61. The minimum absolute atomic E-state index is 0.0565. The van der Waals surface area contributed by atoms with Gasteiger partial charge in [0.15, 0.2) is 11.3 Å². The number of nitrogens with zero attached hydrogens (tertiary/aromatic N) is 1. The fourth-order valence-corrected chi connectivity index (χ4v) is 2.54. The van der Waals surface area contributed by atoms with Crippen molar-refractivity contribution in [2.75, 3.05) is 21.3 Å². The van der Waals surface area contributed by atoms with Crippen molar-refractivity contribution in [2.45, 2.75) is 0 Å². The van der Waals surface area contributed by atoms with Gasteiger partial charge >= 0.3 is 0 Å². The van der Waals surface area contributed by atoms with E-state index in [1.807, 2.05) is 0 Å². The van der Waals surface area contributed by atoms with Crippen LogP contribution in [0.3, 0.4) is 0 Å². The van der Waals surface area contributed by atoms with Gasteiger partial charge in [-0.3, -0.25) is 4.79 Å². The SMILES string of the molecule is COc1ccc(OC)c(N=c2oc3c(OC)cccc3cc2C(N)=O)c1. The maximum atomic E-state index is 11.9. The zero-order valence-corrected chi connectivity index (χ0v) is 14.6. The number of carbonyl (C=O) groups excluding carboxylic acids is 1. The van der Waals surface area contributed by atoms with Crippen LogP contribution in [0.2, 0.25) is 0 Å². The van der Waals surface area contributed by atoms with Gasteiger partial charge in [0.05, 0.1) is 21.3 Å². The summed E-state index contributed by atoms with van der Waals surface area (Å²) in [5, 5.41) is 0.676. The summed E-state index contributed by atoms with van der Waals surface area (Å²) in [4.78, 5) is 16.3. The Balaban J connectivity index is 2.34. The molecule has 3 aromatic rings. The summed E-state index contributed by atoms with van der Waals surface area (Å²) < 4.78 is 21.7. The van der Waals surface area contributed by atoms with Gasteiger partial charge in [-0.05, 0) is 24.3 Å². The van der Waals surface area contributed by atoms with Crippen LogP contribution in [0.5, 0.6) is 17.2 Å². The zero-order chi connectivity index (χ0) is 18.7. The number of hydrogen-bond acceptors (Lipinski definition) is 6. The number of ether oxygens (including phenoxy) is 3. The molecule has 134 valence electrons. The van der Waals surface area contributed by atoms with Gasteiger partial charge < -0.3 is 24.4 Å². The smallest absolute Gasteiger partial charge is 0.254 e. The summed E-state index contributed by atoms with van der Waals surface area (Å²) in [6, 6.07) is 12.1. The van der Waals surface area contributed by atoms with Crippen LogP contribution in [0.25, 0.3) is 11.0 Å². The third-order valence-corrected chi connectivity index (χ3v) is 3.83. The molecule has 7 heteroatoms. The molecular weight excluding hydrogens is 336 g/mol. The van der Waals surface area contributed by atoms with Crippen LogP contribution in [0.15, 0.2) is 51.9 Å². The maximum absolute atomic E-state index is 11.9. The third kappa shape index (κ3) is 3.19. The Morgan fingerprint density at radius 1 is 1.00 bits per heavy atom. The van der Waals surface area contributed by atoms with E-state index in [-0.39, 0.29) is 11.1 Å². The molecule has 0 aliphatic heterocycles. The van der Waals surface area contributed by atoms with Crippen molar-refractivity contribution >= 4 is 22.6 Å². The lowest BCUT2D eigenvalue weighted by Crippen LogP contribution is -2.21. The summed E-state index contributed by atoms with van der Waals surface area (Å²) in [5.41, 5.74) is 6.61. The van der Waals surface area contributed by atoms with Crippen LogP contribution in [-0.2, 0) is 0 Å². The highest BCUT2D eigenvalue weighted by Crippen LogP contribution is 2.31. The number of amides is 1. The van der Waals surface area contributed by atoms with Crippen molar-refractivity contribution < 1.29 is 23.4 Å². The highest BCUT2D eigenvalue weighted by molar-refractivity contribution is 5.96. The second kappa shape index (κ2) is 7.18. The molecule has 1 amide bonds. The Kier molecular flexibility index (Phi) is 4.79. The average Bonchev–Trinajstić information content (AvgIpc) is 2.66. The van der Waals surface area contributed by atoms with Crippen LogP contribution < -0.4 is 25.5 Å². The molecule has 1 aromatic heterocycles. The van der Waals surface area contributed by atoms with Gasteiger partial charge in [0.1, 0.15) is 22.7 Å². The monoisotopic (exact) mass is 354 g/mol. The number of nitrogens with two attached hydrogens (primary N) is 1. The number of para-hydroxylation sites is 1. The number of primary amides is 1. The van der Waals surface area contributed by atoms with Gasteiger partial charge in [-0.1, -0.05) is 12.1 Å². The lowest BCUT2D eigenvalue weighted by molar-refractivity contribution is 0.0996. The number of carbonyl (C=O) groups is 1. The first-order chi connectivity index (χ1) is 12.6. The predicted molar refractivity (Wildman–Crippen MR) is 96.1 cm³/mol. The molecule has 7 nitrogen and oxygen atoms in total. The summed E-state index contributed by atoms with van der Waals surface area (Å²) in [5.74, 6) is 0.951. The minimum Gasteiger partial charge on any atom is -0.497 e. The molecular formula is C19H18N2O5. The Morgan fingerprint density at radius 3 is 2.42 bits per heavy atom. The fraction of sp³-hybridized carbons (Fsp3) is 0.158. The molecule has 0 saturated carbocycles. The van der Waals surface area contributed by atoms with Crippen LogP contribution in [-0.4, -0.2) is 27.2 Å². The Labute approximate surface area is 149 Å². The predicted octanol–water partition coefficient (Wildman–Crippen LogP) is 2.79. The first-order valence-corrected chi connectivity index (χ1v) is 7.74. The number of rotatable bonds is 5. The van der Waals surface area contributed by atoms with Crippen molar-refractivity contribution in [1.82, 2.24) is 0 Å². The molecule has 0 radical (unpaired) electrons. The summed E-state index contributed by atoms with van der Waals surface area (Å²) >= 11 is 0. The molecule has 3 rings (SSSR count). The lowest BCUT2D eigenvalue weighted by Gasteiger charge is -2.08. The topological polar surface area (TPSA) is 96.3 Å². The number of fused-ring (bicyclic) bond motifs is 1. The van der Waals surface area contributed by atoms with Gasteiger partial charge in [0.25, 0.3) is 5.91 Å². The highest BCUT2D eigenvalue weighted by atomic mass is 16.5. The minimum atomic E-state index is -0.654. The van der Waals surface area contributed by atoms with Crippen molar-refractivity contribution in [3.8, 4) is 17.2 Å². The molecule has 0 aliphatic carbocycles. The lowest BCUT2D eigenvalue weighted by atomic mass is 10.1. The Hall–Kier alpha value is -3.48. The van der Waals surface area contributed by atoms with Crippen LogP contribution in [0.1, 0.15) is 10.4 Å². The van der Waals surface area contributed by atoms with E-state index >= 15 is 0 Å². The Bertz CT molecular complexity index is 1040. The van der Waals surface area contributed by atoms with E-state index in [0.717, 1.165) is 0 Å². The van der Waals surface area contributed by atoms with Gasteiger partial charge in [-0.2, -0.15) is 0 Å². The van der Waals surface area contributed by atoms with E-state index in [4.69, 9.17) is 24.4 Å². The molecule has 0 saturated heterocycles. The maximum Gasteiger partial charge on any atom is 0.254 e. The molecule has 1 heterocycles. The number of hydrogen-bond donors (Lipinski definition) is 1. The molecule has 2 aromatic carbocycles. The number of methoxy groups -OCH3 is 3. The third-order valence-electron chi connectivity index (χ3n) is 3.83. The normalized spacial score (nSPS) is 11.4. The quantitative estimate of drug-likeness (QED) is 0.760. The average molecular weight is 354 g/mol. The standard InChI is InChI=1S/C19H18N2O5/c1-23-12-7-8-15(24-2)14(10-12)21-19-13(18(20)22)9-11-5-4-6-16(25-3)17(11)26-19/h4-10H,1-3H3,(H2,20,22). The Morgan fingerprint density at radius 2 is 1.77 bits per heavy atom. The molecule has 0 bridgehead atoms. The summed E-state index contributed by atoms with van der Waals surface area (Å²) in [6.45, 7) is 0. The van der Waals surface area contributed by atoms with E-state index in [0.29, 0.717) is 33.9 Å². The van der Waals surface area contributed by atoms with Gasteiger partial charge in [-0.25, -0.2) is 4.99 Å². The van der Waals surface area contributed by atoms with E-state index < -0.39 is 5.91 Å². The van der Waals surface area contributed by atoms with Crippen LogP contribution in [0.4, 0.5) is 5.69 Å². The van der Waals surface area contributed by atoms with Crippen molar-refractivity contribution in [2.24, 2.45) is 10.7 Å². The van der Waals surface area contributed by atoms with Gasteiger partial charge in [0, 0.05) is 11.5 Å². The van der Waals surface area contributed by atoms with E-state index in [9.17, 15) is 4.79 Å². The zero-order valence-electron chi connectivity index (χ0n) is 14.6. The molecule has 0 atom stereocenters.